The zero-order valence-electron chi connectivity index (χ0n) is 17.3. The third-order valence-electron chi connectivity index (χ3n) is 5.79. The molecule has 1 amide bonds. The van der Waals surface area contributed by atoms with E-state index in [1.807, 2.05) is 35.2 Å². The Bertz CT molecular complexity index is 1190. The molecule has 1 aromatic heterocycles. The maximum Gasteiger partial charge on any atom is 0.243 e. The van der Waals surface area contributed by atoms with Gasteiger partial charge in [0.25, 0.3) is 0 Å². The Hall–Kier alpha value is -3.51. The second kappa shape index (κ2) is 8.55. The second-order valence-corrected chi connectivity index (χ2v) is 8.35. The zero-order chi connectivity index (χ0) is 22.1. The van der Waals surface area contributed by atoms with Crippen molar-refractivity contribution in [1.82, 2.24) is 0 Å². The van der Waals surface area contributed by atoms with Crippen LogP contribution < -0.4 is 15.5 Å². The molecule has 0 saturated heterocycles. The van der Waals surface area contributed by atoms with Crippen LogP contribution in [-0.4, -0.2) is 18.2 Å². The lowest BCUT2D eigenvalue weighted by molar-refractivity contribution is -0.117. The smallest absolute Gasteiger partial charge is 0.243 e. The van der Waals surface area contributed by atoms with Gasteiger partial charge in [0, 0.05) is 28.4 Å². The molecule has 0 spiro atoms. The molecule has 3 aromatic rings. The molecule has 2 aliphatic rings. The number of para-hydroxylation sites is 2. The quantitative estimate of drug-likeness (QED) is 0.548. The van der Waals surface area contributed by atoms with E-state index >= 15 is 0 Å². The van der Waals surface area contributed by atoms with Gasteiger partial charge in [-0.2, -0.15) is 0 Å². The van der Waals surface area contributed by atoms with Crippen LogP contribution in [0.25, 0.3) is 0 Å². The minimum Gasteiger partial charge on any atom is -0.467 e. The molecule has 0 bridgehead atoms. The number of nitrogens with one attached hydrogen (secondary N) is 2. The number of benzene rings is 2. The van der Waals surface area contributed by atoms with E-state index in [-0.39, 0.29) is 18.2 Å². The van der Waals surface area contributed by atoms with E-state index in [0.717, 1.165) is 29.9 Å². The predicted octanol–water partition coefficient (Wildman–Crippen LogP) is 5.55. The Morgan fingerprint density at radius 1 is 1.09 bits per heavy atom. The van der Waals surface area contributed by atoms with Gasteiger partial charge in [-0.1, -0.05) is 23.7 Å². The molecule has 0 radical (unpaired) electrons. The van der Waals surface area contributed by atoms with Gasteiger partial charge in [0.2, 0.25) is 5.91 Å². The van der Waals surface area contributed by atoms with Gasteiger partial charge in [-0.15, -0.1) is 0 Å². The van der Waals surface area contributed by atoms with Gasteiger partial charge in [-0.25, -0.2) is 0 Å². The van der Waals surface area contributed by atoms with Crippen LogP contribution in [0.4, 0.5) is 17.1 Å². The number of hydrogen-bond donors (Lipinski definition) is 2. The number of ketones is 1. The highest BCUT2D eigenvalue weighted by molar-refractivity contribution is 6.30. The number of halogens is 1. The average molecular weight is 448 g/mol. The first-order valence-electron chi connectivity index (χ1n) is 10.6. The van der Waals surface area contributed by atoms with Crippen LogP contribution in [0, 0.1) is 0 Å². The average Bonchev–Trinajstić information content (AvgIpc) is 3.27. The Kier molecular flexibility index (Phi) is 5.45. The summed E-state index contributed by atoms with van der Waals surface area (Å²) in [5.41, 5.74) is 3.92. The summed E-state index contributed by atoms with van der Waals surface area (Å²) in [6.45, 7) is 0.0384. The maximum atomic E-state index is 13.1. The Labute approximate surface area is 190 Å². The number of anilines is 3. The van der Waals surface area contributed by atoms with Crippen molar-refractivity contribution in [2.45, 2.75) is 25.3 Å². The molecule has 1 atom stereocenters. The molecule has 2 N–H and O–H groups in total. The van der Waals surface area contributed by atoms with Crippen LogP contribution in [0.3, 0.4) is 0 Å². The molecule has 5 rings (SSSR count). The van der Waals surface area contributed by atoms with Gasteiger partial charge >= 0.3 is 0 Å². The highest BCUT2D eigenvalue weighted by atomic mass is 35.5. The third kappa shape index (κ3) is 3.89. The van der Waals surface area contributed by atoms with Gasteiger partial charge in [0.15, 0.2) is 5.78 Å². The van der Waals surface area contributed by atoms with Gasteiger partial charge in [-0.3, -0.25) is 9.59 Å². The standard InChI is InChI=1S/C25H22ClN3O3/c26-16-10-12-17(13-11-16)27-23(31)15-29-20-7-2-1-5-18(20)28-19-6-3-8-21(30)24(19)25(29)22-9-4-14-32-22/h1-2,4-5,7,9-14,25,28H,3,6,8,15H2,(H,27,31). The van der Waals surface area contributed by atoms with Crippen molar-refractivity contribution in [1.29, 1.82) is 0 Å². The monoisotopic (exact) mass is 447 g/mol. The fraction of sp³-hybridized carbons (Fsp3) is 0.200. The molecular formula is C25H22ClN3O3. The molecule has 0 saturated carbocycles. The summed E-state index contributed by atoms with van der Waals surface area (Å²) in [6.07, 6.45) is 3.66. The number of furan rings is 1. The number of nitrogens with zero attached hydrogens (tertiary/aromatic N) is 1. The van der Waals surface area contributed by atoms with E-state index in [4.69, 9.17) is 16.0 Å². The number of hydrogen-bond acceptors (Lipinski definition) is 5. The molecule has 1 unspecified atom stereocenters. The molecule has 1 aliphatic heterocycles. The van der Waals surface area contributed by atoms with E-state index in [2.05, 4.69) is 10.6 Å². The first-order chi connectivity index (χ1) is 15.6. The summed E-state index contributed by atoms with van der Waals surface area (Å²) in [7, 11) is 0. The molecular weight excluding hydrogens is 426 g/mol. The molecule has 6 nitrogen and oxygen atoms in total. The molecule has 162 valence electrons. The van der Waals surface area contributed by atoms with Crippen molar-refractivity contribution in [2.75, 3.05) is 22.1 Å². The first-order valence-corrected chi connectivity index (χ1v) is 11.0. The lowest BCUT2D eigenvalue weighted by Gasteiger charge is -2.33. The SMILES string of the molecule is O=C(CN1c2ccccc2NC2=C(C(=O)CCC2)C1c1ccco1)Nc1ccc(Cl)cc1. The minimum atomic E-state index is -0.500. The largest absolute Gasteiger partial charge is 0.467 e. The van der Waals surface area contributed by atoms with Crippen molar-refractivity contribution in [3.05, 3.63) is 89.0 Å². The van der Waals surface area contributed by atoms with Gasteiger partial charge < -0.3 is 20.0 Å². The number of fused-ring (bicyclic) bond motifs is 1. The third-order valence-corrected chi connectivity index (χ3v) is 6.05. The summed E-state index contributed by atoms with van der Waals surface area (Å²) >= 11 is 5.96. The Morgan fingerprint density at radius 3 is 2.69 bits per heavy atom. The summed E-state index contributed by atoms with van der Waals surface area (Å²) < 4.78 is 5.78. The number of carbonyl (C=O) groups is 2. The van der Waals surface area contributed by atoms with Crippen molar-refractivity contribution in [2.24, 2.45) is 0 Å². The van der Waals surface area contributed by atoms with E-state index in [9.17, 15) is 9.59 Å². The van der Waals surface area contributed by atoms with E-state index < -0.39 is 6.04 Å². The second-order valence-electron chi connectivity index (χ2n) is 7.91. The molecule has 0 fully saturated rings. The highest BCUT2D eigenvalue weighted by Gasteiger charge is 2.38. The van der Waals surface area contributed by atoms with Crippen LogP contribution >= 0.6 is 11.6 Å². The van der Waals surface area contributed by atoms with E-state index in [0.29, 0.717) is 28.5 Å². The first kappa shape index (κ1) is 20.4. The van der Waals surface area contributed by atoms with Crippen molar-refractivity contribution < 1.29 is 14.0 Å². The zero-order valence-corrected chi connectivity index (χ0v) is 18.1. The molecule has 1 aliphatic carbocycles. The van der Waals surface area contributed by atoms with Crippen molar-refractivity contribution in [3.63, 3.8) is 0 Å². The lowest BCUT2D eigenvalue weighted by Crippen LogP contribution is -2.38. The topological polar surface area (TPSA) is 74.6 Å². The van der Waals surface area contributed by atoms with E-state index in [1.54, 1.807) is 36.6 Å². The van der Waals surface area contributed by atoms with Crippen LogP contribution in [0.5, 0.6) is 0 Å². The number of allylic oxidation sites excluding steroid dienone is 1. The van der Waals surface area contributed by atoms with Gasteiger partial charge in [0.1, 0.15) is 11.8 Å². The number of amides is 1. The maximum absolute atomic E-state index is 13.1. The summed E-state index contributed by atoms with van der Waals surface area (Å²) in [5, 5.41) is 7.00. The fourth-order valence-corrected chi connectivity index (χ4v) is 4.53. The molecule has 2 heterocycles. The van der Waals surface area contributed by atoms with Crippen LogP contribution in [0.1, 0.15) is 31.1 Å². The van der Waals surface area contributed by atoms with Crippen molar-refractivity contribution in [3.8, 4) is 0 Å². The van der Waals surface area contributed by atoms with Crippen molar-refractivity contribution >= 4 is 40.4 Å². The van der Waals surface area contributed by atoms with Gasteiger partial charge in [0.05, 0.1) is 24.2 Å². The summed E-state index contributed by atoms with van der Waals surface area (Å²) in [6, 6.07) is 17.9. The van der Waals surface area contributed by atoms with Gasteiger partial charge in [-0.05, 0) is 61.4 Å². The molecule has 2 aromatic carbocycles. The number of rotatable bonds is 4. The fourth-order valence-electron chi connectivity index (χ4n) is 4.41. The predicted molar refractivity (Wildman–Crippen MR) is 125 cm³/mol. The highest BCUT2D eigenvalue weighted by Crippen LogP contribution is 2.44. The minimum absolute atomic E-state index is 0.0384. The lowest BCUT2D eigenvalue weighted by atomic mass is 9.88. The Morgan fingerprint density at radius 2 is 1.91 bits per heavy atom. The summed E-state index contributed by atoms with van der Waals surface area (Å²) in [4.78, 5) is 28.2. The normalized spacial score (nSPS) is 17.8. The Balaban J connectivity index is 1.57. The van der Waals surface area contributed by atoms with E-state index in [1.165, 1.54) is 0 Å². The number of Topliss-reactive ketones (excluding diaryl/α,β-unsaturated/α-hetero) is 1. The summed E-state index contributed by atoms with van der Waals surface area (Å²) in [5.74, 6) is 0.507. The van der Waals surface area contributed by atoms with Crippen LogP contribution in [-0.2, 0) is 9.59 Å². The molecule has 32 heavy (non-hydrogen) atoms. The molecule has 7 heteroatoms. The van der Waals surface area contributed by atoms with Crippen LogP contribution in [0.2, 0.25) is 5.02 Å². The van der Waals surface area contributed by atoms with Crippen LogP contribution in [0.15, 0.2) is 82.6 Å². The number of carbonyl (C=O) groups excluding carboxylic acids is 2.